The van der Waals surface area contributed by atoms with E-state index < -0.39 is 0 Å². The van der Waals surface area contributed by atoms with E-state index in [9.17, 15) is 4.79 Å². The first kappa shape index (κ1) is 16.1. The number of carbonyl (C=O) groups excluding carboxylic acids is 1. The summed E-state index contributed by atoms with van der Waals surface area (Å²) < 4.78 is 10.7. The number of nitrogens with two attached hydrogens (primary N) is 1. The largest absolute Gasteiger partial charge is 0.454 e. The summed E-state index contributed by atoms with van der Waals surface area (Å²) in [7, 11) is 1.86. The van der Waals surface area contributed by atoms with Crippen molar-refractivity contribution in [3.05, 3.63) is 23.8 Å². The second-order valence-corrected chi connectivity index (χ2v) is 6.88. The molecule has 5 heteroatoms. The highest BCUT2D eigenvalue weighted by molar-refractivity contribution is 5.76. The molecule has 0 saturated heterocycles. The predicted octanol–water partition coefficient (Wildman–Crippen LogP) is 2.67. The van der Waals surface area contributed by atoms with Gasteiger partial charge in [0.25, 0.3) is 0 Å². The minimum atomic E-state index is 0.0124. The maximum atomic E-state index is 12.6. The first-order chi connectivity index (χ1) is 11.1. The number of hydrogen-bond donors (Lipinski definition) is 1. The van der Waals surface area contributed by atoms with Crippen molar-refractivity contribution in [1.29, 1.82) is 0 Å². The van der Waals surface area contributed by atoms with Gasteiger partial charge in [-0.05, 0) is 42.5 Å². The number of amides is 1. The van der Waals surface area contributed by atoms with Crippen molar-refractivity contribution >= 4 is 5.91 Å². The van der Waals surface area contributed by atoms with Crippen molar-refractivity contribution in [1.82, 2.24) is 4.90 Å². The predicted molar refractivity (Wildman–Crippen MR) is 88.2 cm³/mol. The lowest BCUT2D eigenvalue weighted by Crippen LogP contribution is -2.39. The monoisotopic (exact) mass is 318 g/mol. The summed E-state index contributed by atoms with van der Waals surface area (Å²) in [4.78, 5) is 14.4. The lowest BCUT2D eigenvalue weighted by atomic mass is 9.71. The van der Waals surface area contributed by atoms with E-state index in [0.29, 0.717) is 19.5 Å². The zero-order chi connectivity index (χ0) is 16.3. The molecule has 1 amide bonds. The van der Waals surface area contributed by atoms with Crippen LogP contribution < -0.4 is 15.2 Å². The second kappa shape index (κ2) is 6.79. The zero-order valence-corrected chi connectivity index (χ0v) is 13.8. The van der Waals surface area contributed by atoms with Crippen LogP contribution in [0.25, 0.3) is 0 Å². The molecule has 1 fully saturated rings. The molecular formula is C18H26N2O3. The molecule has 1 saturated carbocycles. The normalized spacial score (nSPS) is 18.7. The van der Waals surface area contributed by atoms with Crippen LogP contribution in [-0.4, -0.2) is 31.2 Å². The van der Waals surface area contributed by atoms with Gasteiger partial charge in [0.1, 0.15) is 0 Å². The molecule has 2 aliphatic rings. The summed E-state index contributed by atoms with van der Waals surface area (Å²) >= 11 is 0. The molecule has 1 aliphatic heterocycles. The molecule has 1 aliphatic carbocycles. The molecule has 5 nitrogen and oxygen atoms in total. The van der Waals surface area contributed by atoms with Crippen LogP contribution in [0.3, 0.4) is 0 Å². The molecule has 1 aromatic carbocycles. The van der Waals surface area contributed by atoms with E-state index in [2.05, 4.69) is 0 Å². The Morgan fingerprint density at radius 2 is 1.96 bits per heavy atom. The number of hydrogen-bond acceptors (Lipinski definition) is 4. The minimum Gasteiger partial charge on any atom is -0.454 e. The van der Waals surface area contributed by atoms with E-state index >= 15 is 0 Å². The Morgan fingerprint density at radius 1 is 1.22 bits per heavy atom. The summed E-state index contributed by atoms with van der Waals surface area (Å²) in [5, 5.41) is 0. The number of carbonyl (C=O) groups is 1. The van der Waals surface area contributed by atoms with E-state index in [-0.39, 0.29) is 18.1 Å². The number of ether oxygens (including phenoxy) is 2. The van der Waals surface area contributed by atoms with Gasteiger partial charge in [0.05, 0.1) is 0 Å². The Balaban J connectivity index is 1.61. The third-order valence-electron chi connectivity index (χ3n) is 5.16. The topological polar surface area (TPSA) is 64.8 Å². The van der Waals surface area contributed by atoms with Gasteiger partial charge in [0.2, 0.25) is 12.7 Å². The van der Waals surface area contributed by atoms with Crippen LogP contribution in [0.5, 0.6) is 11.5 Å². The van der Waals surface area contributed by atoms with Gasteiger partial charge in [0, 0.05) is 20.0 Å². The van der Waals surface area contributed by atoms with E-state index in [1.54, 1.807) is 4.90 Å². The zero-order valence-electron chi connectivity index (χ0n) is 13.8. The fourth-order valence-electron chi connectivity index (χ4n) is 3.61. The molecule has 126 valence electrons. The fraction of sp³-hybridized carbons (Fsp3) is 0.611. The summed E-state index contributed by atoms with van der Waals surface area (Å²) in [5.41, 5.74) is 7.06. The second-order valence-electron chi connectivity index (χ2n) is 6.88. The van der Waals surface area contributed by atoms with Crippen LogP contribution in [-0.2, 0) is 11.3 Å². The van der Waals surface area contributed by atoms with Gasteiger partial charge >= 0.3 is 0 Å². The molecule has 1 heterocycles. The van der Waals surface area contributed by atoms with Crippen LogP contribution >= 0.6 is 0 Å². The smallest absolute Gasteiger partial charge is 0.231 e. The number of rotatable bonds is 5. The lowest BCUT2D eigenvalue weighted by Gasteiger charge is -2.36. The molecule has 0 bridgehead atoms. The third kappa shape index (κ3) is 3.61. The quantitative estimate of drug-likeness (QED) is 0.906. The summed E-state index contributed by atoms with van der Waals surface area (Å²) in [6.07, 6.45) is 6.36. The first-order valence-electron chi connectivity index (χ1n) is 8.44. The Kier molecular flexibility index (Phi) is 4.76. The summed E-state index contributed by atoms with van der Waals surface area (Å²) in [6.45, 7) is 1.46. The van der Waals surface area contributed by atoms with Crippen molar-refractivity contribution < 1.29 is 14.3 Å². The molecular weight excluding hydrogens is 292 g/mol. The molecule has 3 rings (SSSR count). The highest BCUT2D eigenvalue weighted by Gasteiger charge is 2.33. The summed E-state index contributed by atoms with van der Waals surface area (Å²) in [6, 6.07) is 5.83. The number of nitrogens with zero attached hydrogens (tertiary/aromatic N) is 1. The van der Waals surface area contributed by atoms with E-state index in [1.807, 2.05) is 25.2 Å². The van der Waals surface area contributed by atoms with Gasteiger partial charge in [-0.1, -0.05) is 25.3 Å². The van der Waals surface area contributed by atoms with Gasteiger partial charge in [-0.15, -0.1) is 0 Å². The molecule has 1 aromatic rings. The summed E-state index contributed by atoms with van der Waals surface area (Å²) in [5.74, 6) is 1.70. The molecule has 23 heavy (non-hydrogen) atoms. The van der Waals surface area contributed by atoms with Crippen molar-refractivity contribution in [3.8, 4) is 11.5 Å². The van der Waals surface area contributed by atoms with Gasteiger partial charge in [-0.3, -0.25) is 4.79 Å². The van der Waals surface area contributed by atoms with Crippen LogP contribution in [0.1, 0.15) is 44.1 Å². The van der Waals surface area contributed by atoms with Gasteiger partial charge in [-0.25, -0.2) is 0 Å². The van der Waals surface area contributed by atoms with Crippen molar-refractivity contribution in [2.75, 3.05) is 20.4 Å². The van der Waals surface area contributed by atoms with E-state index in [0.717, 1.165) is 29.9 Å². The van der Waals surface area contributed by atoms with Gasteiger partial charge in [-0.2, -0.15) is 0 Å². The average Bonchev–Trinajstić information content (AvgIpc) is 3.03. The van der Waals surface area contributed by atoms with Crippen molar-refractivity contribution in [2.24, 2.45) is 11.1 Å². The standard InChI is InChI=1S/C18H26N2O3/c1-20(11-14-5-6-15-16(9-14)23-13-22-15)17(21)10-18(12-19)7-3-2-4-8-18/h5-6,9H,2-4,7-8,10-13,19H2,1H3. The highest BCUT2D eigenvalue weighted by atomic mass is 16.7. The van der Waals surface area contributed by atoms with Crippen LogP contribution in [0, 0.1) is 5.41 Å². The minimum absolute atomic E-state index is 0.0124. The van der Waals surface area contributed by atoms with E-state index in [1.165, 1.54) is 19.3 Å². The SMILES string of the molecule is CN(Cc1ccc2c(c1)OCO2)C(=O)CC1(CN)CCCCC1. The van der Waals surface area contributed by atoms with Gasteiger partial charge < -0.3 is 20.1 Å². The number of benzene rings is 1. The molecule has 0 aromatic heterocycles. The Bertz CT molecular complexity index is 567. The van der Waals surface area contributed by atoms with E-state index in [4.69, 9.17) is 15.2 Å². The molecule has 0 unspecified atom stereocenters. The van der Waals surface area contributed by atoms with Crippen LogP contribution in [0.15, 0.2) is 18.2 Å². The maximum Gasteiger partial charge on any atom is 0.231 e. The number of fused-ring (bicyclic) bond motifs is 1. The Hall–Kier alpha value is -1.75. The molecule has 0 radical (unpaired) electrons. The third-order valence-corrected chi connectivity index (χ3v) is 5.16. The van der Waals surface area contributed by atoms with Crippen molar-refractivity contribution in [2.45, 2.75) is 45.1 Å². The first-order valence-corrected chi connectivity index (χ1v) is 8.44. The maximum absolute atomic E-state index is 12.6. The molecule has 0 spiro atoms. The van der Waals surface area contributed by atoms with Gasteiger partial charge in [0.15, 0.2) is 11.5 Å². The molecule has 2 N–H and O–H groups in total. The van der Waals surface area contributed by atoms with Crippen LogP contribution in [0.2, 0.25) is 0 Å². The van der Waals surface area contributed by atoms with Crippen molar-refractivity contribution in [3.63, 3.8) is 0 Å². The fourth-order valence-corrected chi connectivity index (χ4v) is 3.61. The van der Waals surface area contributed by atoms with Crippen LogP contribution in [0.4, 0.5) is 0 Å². The molecule has 0 atom stereocenters. The Labute approximate surface area is 137 Å². The highest BCUT2D eigenvalue weighted by Crippen LogP contribution is 2.39. The average molecular weight is 318 g/mol. The Morgan fingerprint density at radius 3 is 2.70 bits per heavy atom. The lowest BCUT2D eigenvalue weighted by molar-refractivity contribution is -0.133.